The van der Waals surface area contributed by atoms with Gasteiger partial charge in [-0.05, 0) is 12.5 Å². The van der Waals surface area contributed by atoms with E-state index in [-0.39, 0.29) is 0 Å². The molecule has 2 heterocycles. The van der Waals surface area contributed by atoms with Crippen LogP contribution < -0.4 is 0 Å². The Kier molecular flexibility index (Phi) is 1.78. The standard InChI is InChI=1S/C9H14NO/c11-7-8-3-1-5-10-6-2-4-9(8)10/h2,4,8,11H,1,3,5-7H2/q+1/t8-/m0/s1. The number of nitrogens with zero attached hydrogens (tertiary/aromatic N) is 1. The average Bonchev–Trinajstić information content (AvgIpc) is 2.50. The van der Waals surface area contributed by atoms with Crippen molar-refractivity contribution in [3.8, 4) is 0 Å². The van der Waals surface area contributed by atoms with Crippen molar-refractivity contribution in [1.82, 2.24) is 0 Å². The third-order valence-corrected chi connectivity index (χ3v) is 2.60. The second-order valence-electron chi connectivity index (χ2n) is 3.29. The van der Waals surface area contributed by atoms with E-state index in [2.05, 4.69) is 16.7 Å². The summed E-state index contributed by atoms with van der Waals surface area (Å²) in [6.45, 7) is 2.56. The molecule has 11 heavy (non-hydrogen) atoms. The minimum absolute atomic E-state index is 0.316. The number of aliphatic hydroxyl groups is 1. The molecule has 0 amide bonds. The number of hydrogen-bond acceptors (Lipinski definition) is 1. The second kappa shape index (κ2) is 2.78. The highest BCUT2D eigenvalue weighted by molar-refractivity contribution is 5.94. The van der Waals surface area contributed by atoms with E-state index in [1.165, 1.54) is 18.7 Å². The molecule has 0 aromatic rings. The molecular weight excluding hydrogens is 138 g/mol. The third kappa shape index (κ3) is 1.11. The first-order valence-electron chi connectivity index (χ1n) is 4.31. The zero-order valence-electron chi connectivity index (χ0n) is 6.66. The Balaban J connectivity index is 2.23. The minimum Gasteiger partial charge on any atom is -0.395 e. The third-order valence-electron chi connectivity index (χ3n) is 2.60. The van der Waals surface area contributed by atoms with Crippen LogP contribution in [-0.4, -0.2) is 35.1 Å². The Morgan fingerprint density at radius 2 is 2.55 bits per heavy atom. The van der Waals surface area contributed by atoms with Gasteiger partial charge in [0.05, 0.1) is 12.5 Å². The fourth-order valence-corrected chi connectivity index (χ4v) is 1.99. The summed E-state index contributed by atoms with van der Waals surface area (Å²) >= 11 is 0. The van der Waals surface area contributed by atoms with E-state index in [1.807, 2.05) is 0 Å². The normalized spacial score (nSPS) is 29.4. The lowest BCUT2D eigenvalue weighted by molar-refractivity contribution is -0.521. The van der Waals surface area contributed by atoms with Crippen LogP contribution in [0.4, 0.5) is 0 Å². The molecule has 0 aliphatic carbocycles. The smallest absolute Gasteiger partial charge is 0.181 e. The van der Waals surface area contributed by atoms with Gasteiger partial charge in [0.25, 0.3) is 0 Å². The van der Waals surface area contributed by atoms with Crippen molar-refractivity contribution in [3.63, 3.8) is 0 Å². The minimum atomic E-state index is 0.316. The molecule has 0 aromatic carbocycles. The lowest BCUT2D eigenvalue weighted by atomic mass is 9.95. The van der Waals surface area contributed by atoms with E-state index in [1.54, 1.807) is 0 Å². The monoisotopic (exact) mass is 152 g/mol. The Labute approximate surface area is 66.9 Å². The summed E-state index contributed by atoms with van der Waals surface area (Å²) in [5.74, 6) is 0.419. The fourth-order valence-electron chi connectivity index (χ4n) is 1.99. The molecule has 0 bridgehead atoms. The molecule has 0 saturated carbocycles. The van der Waals surface area contributed by atoms with Crippen molar-refractivity contribution < 1.29 is 9.68 Å². The van der Waals surface area contributed by atoms with Gasteiger partial charge in [-0.1, -0.05) is 0 Å². The van der Waals surface area contributed by atoms with Crippen molar-refractivity contribution in [2.24, 2.45) is 5.92 Å². The van der Waals surface area contributed by atoms with Crippen LogP contribution >= 0.6 is 0 Å². The molecular formula is C9H14NO+. The maximum atomic E-state index is 9.06. The molecule has 2 rings (SSSR count). The van der Waals surface area contributed by atoms with Gasteiger partial charge < -0.3 is 5.11 Å². The summed E-state index contributed by atoms with van der Waals surface area (Å²) in [4.78, 5) is 0. The van der Waals surface area contributed by atoms with Crippen LogP contribution in [0.1, 0.15) is 12.8 Å². The van der Waals surface area contributed by atoms with Crippen LogP contribution in [0.25, 0.3) is 0 Å². The molecule has 2 aliphatic heterocycles. The predicted octanol–water partition coefficient (Wildman–Crippen LogP) is 0.412. The maximum absolute atomic E-state index is 9.06. The largest absolute Gasteiger partial charge is 0.395 e. The molecule has 0 unspecified atom stereocenters. The molecule has 0 saturated heterocycles. The summed E-state index contributed by atoms with van der Waals surface area (Å²) in [6.07, 6.45) is 6.74. The molecule has 0 fully saturated rings. The predicted molar refractivity (Wildman–Crippen MR) is 44.0 cm³/mol. The number of rotatable bonds is 1. The first-order chi connectivity index (χ1) is 5.42. The number of aliphatic hydroxyl groups excluding tert-OH is 1. The summed E-state index contributed by atoms with van der Waals surface area (Å²) in [5.41, 5.74) is 1.36. The van der Waals surface area contributed by atoms with Gasteiger partial charge in [0.1, 0.15) is 6.54 Å². The van der Waals surface area contributed by atoms with Crippen LogP contribution in [0.5, 0.6) is 0 Å². The van der Waals surface area contributed by atoms with E-state index in [9.17, 15) is 0 Å². The van der Waals surface area contributed by atoms with Gasteiger partial charge in [-0.3, -0.25) is 0 Å². The van der Waals surface area contributed by atoms with Crippen molar-refractivity contribution >= 4 is 5.71 Å². The highest BCUT2D eigenvalue weighted by atomic mass is 16.3. The Morgan fingerprint density at radius 3 is 3.36 bits per heavy atom. The van der Waals surface area contributed by atoms with Crippen molar-refractivity contribution in [3.05, 3.63) is 12.2 Å². The lowest BCUT2D eigenvalue weighted by Gasteiger charge is -2.16. The summed E-state index contributed by atoms with van der Waals surface area (Å²) in [7, 11) is 0. The van der Waals surface area contributed by atoms with Gasteiger partial charge in [0.15, 0.2) is 12.3 Å². The van der Waals surface area contributed by atoms with Gasteiger partial charge >= 0.3 is 0 Å². The topological polar surface area (TPSA) is 23.2 Å². The van der Waals surface area contributed by atoms with Crippen LogP contribution in [0, 0.1) is 5.92 Å². The average molecular weight is 152 g/mol. The highest BCUT2D eigenvalue weighted by Gasteiger charge is 2.29. The first-order valence-corrected chi connectivity index (χ1v) is 4.31. The van der Waals surface area contributed by atoms with Gasteiger partial charge in [-0.25, -0.2) is 4.58 Å². The van der Waals surface area contributed by atoms with E-state index in [4.69, 9.17) is 5.11 Å². The molecule has 1 atom stereocenters. The second-order valence-corrected chi connectivity index (χ2v) is 3.29. The van der Waals surface area contributed by atoms with Crippen LogP contribution in [0.15, 0.2) is 12.2 Å². The van der Waals surface area contributed by atoms with Crippen molar-refractivity contribution in [1.29, 1.82) is 0 Å². The maximum Gasteiger partial charge on any atom is 0.181 e. The van der Waals surface area contributed by atoms with Gasteiger partial charge in [-0.2, -0.15) is 0 Å². The van der Waals surface area contributed by atoms with E-state index in [0.29, 0.717) is 12.5 Å². The summed E-state index contributed by atoms with van der Waals surface area (Å²) in [6, 6.07) is 0. The van der Waals surface area contributed by atoms with Gasteiger partial charge in [0.2, 0.25) is 0 Å². The van der Waals surface area contributed by atoms with Crippen molar-refractivity contribution in [2.45, 2.75) is 12.8 Å². The zero-order valence-corrected chi connectivity index (χ0v) is 6.66. The molecule has 2 heteroatoms. The molecule has 2 nitrogen and oxygen atoms in total. The Morgan fingerprint density at radius 1 is 1.64 bits per heavy atom. The highest BCUT2D eigenvalue weighted by Crippen LogP contribution is 2.17. The van der Waals surface area contributed by atoms with E-state index < -0.39 is 0 Å². The molecule has 0 spiro atoms. The van der Waals surface area contributed by atoms with E-state index >= 15 is 0 Å². The number of allylic oxidation sites excluding steroid dienone is 1. The molecule has 1 N–H and O–H groups in total. The van der Waals surface area contributed by atoms with E-state index in [0.717, 1.165) is 13.0 Å². The van der Waals surface area contributed by atoms with Crippen LogP contribution in [0.3, 0.4) is 0 Å². The van der Waals surface area contributed by atoms with Crippen LogP contribution in [-0.2, 0) is 0 Å². The summed E-state index contributed by atoms with van der Waals surface area (Å²) in [5, 5.41) is 9.06. The van der Waals surface area contributed by atoms with Gasteiger partial charge in [0, 0.05) is 12.5 Å². The molecule has 0 radical (unpaired) electrons. The Hall–Kier alpha value is -0.630. The molecule has 0 aromatic heterocycles. The van der Waals surface area contributed by atoms with Crippen LogP contribution in [0.2, 0.25) is 0 Å². The quantitative estimate of drug-likeness (QED) is 0.540. The van der Waals surface area contributed by atoms with Crippen molar-refractivity contribution in [2.75, 3.05) is 19.7 Å². The first kappa shape index (κ1) is 7.04. The number of hydrogen-bond donors (Lipinski definition) is 1. The molecule has 60 valence electrons. The zero-order chi connectivity index (χ0) is 7.68. The Bertz CT molecular complexity index is 218. The fraction of sp³-hybridized carbons (Fsp3) is 0.667. The van der Waals surface area contributed by atoms with Gasteiger partial charge in [-0.15, -0.1) is 0 Å². The lowest BCUT2D eigenvalue weighted by Crippen LogP contribution is -2.31. The summed E-state index contributed by atoms with van der Waals surface area (Å²) < 4.78 is 2.37. The SMILES string of the molecule is OC[C@@H]1CCC[N+]2=C1C=CC2. The molecule has 2 aliphatic rings.